The fraction of sp³-hybridized carbons (Fsp3) is 0.857. The number of hydrogen-bond acceptors (Lipinski definition) is 10. The molecule has 0 aromatic heterocycles. The quantitative estimate of drug-likeness (QED) is 0.157. The Morgan fingerprint density at radius 3 is 1.83 bits per heavy atom. The Balaban J connectivity index is -0.000000347. The highest BCUT2D eigenvalue weighted by Crippen LogP contribution is 2.25. The zero-order valence-corrected chi connectivity index (χ0v) is 22.1. The lowest BCUT2D eigenvalue weighted by Crippen LogP contribution is -2.67. The van der Waals surface area contributed by atoms with Crippen molar-refractivity contribution in [2.45, 2.75) is 55.0 Å². The van der Waals surface area contributed by atoms with Crippen LogP contribution in [0, 0.1) is 0 Å². The fourth-order valence-corrected chi connectivity index (χ4v) is 3.05. The summed E-state index contributed by atoms with van der Waals surface area (Å²) < 4.78 is 10.2. The summed E-state index contributed by atoms with van der Waals surface area (Å²) in [6.07, 6.45) is -7.90. The van der Waals surface area contributed by atoms with E-state index in [-0.39, 0.29) is 86.5 Å². The van der Waals surface area contributed by atoms with Crippen molar-refractivity contribution in [3.8, 4) is 0 Å². The van der Waals surface area contributed by atoms with Gasteiger partial charge in [-0.3, -0.25) is 0 Å². The van der Waals surface area contributed by atoms with E-state index in [1.165, 1.54) is 13.2 Å². The van der Waals surface area contributed by atoms with Gasteiger partial charge in [-0.1, -0.05) is 6.08 Å². The van der Waals surface area contributed by atoms with Gasteiger partial charge in [0.05, 0.1) is 25.3 Å². The molecule has 1 fully saturated rings. The molecule has 0 radical (unpaired) electrons. The molecule has 0 saturated carbocycles. The Labute approximate surface area is 217 Å². The first-order valence-electron chi connectivity index (χ1n) is 7.62. The third kappa shape index (κ3) is 9.00. The minimum absolute atomic E-state index is 0. The van der Waals surface area contributed by atoms with Gasteiger partial charge in [-0.05, 0) is 5.57 Å². The Morgan fingerprint density at radius 2 is 1.40 bits per heavy atom. The number of rotatable bonds is 5. The summed E-state index contributed by atoms with van der Waals surface area (Å²) in [6.45, 7) is -1.02. The van der Waals surface area contributed by atoms with Crippen LogP contribution in [0.25, 0.3) is 0 Å². The van der Waals surface area contributed by atoms with Crippen molar-refractivity contribution in [2.24, 2.45) is 0 Å². The molecular weight excluding hydrogens is 519 g/mol. The highest BCUT2D eigenvalue weighted by Gasteiger charge is 2.47. The van der Waals surface area contributed by atoms with Crippen LogP contribution < -0.4 is 5.32 Å². The smallest absolute Gasteiger partial charge is 0.186 e. The van der Waals surface area contributed by atoms with Gasteiger partial charge in [0.1, 0.15) is 36.6 Å². The van der Waals surface area contributed by atoms with Gasteiger partial charge >= 0.3 is 0 Å². The first-order chi connectivity index (χ1) is 11.3. The lowest BCUT2D eigenvalue weighted by Gasteiger charge is -2.44. The highest BCUT2D eigenvalue weighted by atomic mass is 32.1. The Hall–Kier alpha value is 1.44. The normalized spacial score (nSPS) is 37.3. The molecule has 0 bridgehead atoms. The van der Waals surface area contributed by atoms with Crippen LogP contribution in [0.3, 0.4) is 0 Å². The van der Waals surface area contributed by atoms with E-state index >= 15 is 0 Å². The number of nitrogens with one attached hydrogen (secondary N) is 1. The second-order valence-electron chi connectivity index (χ2n) is 5.99. The van der Waals surface area contributed by atoms with Crippen molar-refractivity contribution in [2.75, 3.05) is 20.3 Å². The van der Waals surface area contributed by atoms with E-state index in [1.807, 2.05) is 0 Å². The first kappa shape index (κ1) is 41.7. The molecular formula is C14H37NO9S6. The number of ether oxygens (including phenoxy) is 2. The van der Waals surface area contributed by atoms with Gasteiger partial charge in [-0.15, -0.1) is 0 Å². The Morgan fingerprint density at radius 1 is 0.867 bits per heavy atom. The number of hydrogen-bond donors (Lipinski definition) is 8. The average molecular weight is 556 g/mol. The molecule has 0 aromatic carbocycles. The van der Waals surface area contributed by atoms with Crippen molar-refractivity contribution < 1.29 is 45.2 Å². The molecule has 6 unspecified atom stereocenters. The summed E-state index contributed by atoms with van der Waals surface area (Å²) >= 11 is 0. The van der Waals surface area contributed by atoms with Gasteiger partial charge in [-0.2, -0.15) is 81.0 Å². The molecule has 10 nitrogen and oxygen atoms in total. The monoisotopic (exact) mass is 555 g/mol. The molecule has 2 aliphatic rings. The van der Waals surface area contributed by atoms with E-state index in [0.717, 1.165) is 0 Å². The van der Waals surface area contributed by atoms with E-state index in [1.54, 1.807) is 0 Å². The predicted molar refractivity (Wildman–Crippen MR) is 141 cm³/mol. The van der Waals surface area contributed by atoms with E-state index in [0.29, 0.717) is 0 Å². The highest BCUT2D eigenvalue weighted by molar-refractivity contribution is 7.60. The van der Waals surface area contributed by atoms with Gasteiger partial charge in [0.15, 0.2) is 6.29 Å². The van der Waals surface area contributed by atoms with Crippen LogP contribution >= 0.6 is 81.0 Å². The molecule has 1 heterocycles. The molecule has 0 aromatic rings. The zero-order valence-electron chi connectivity index (χ0n) is 16.1. The lowest BCUT2D eigenvalue weighted by molar-refractivity contribution is -0.273. The maximum absolute atomic E-state index is 10.3. The number of aliphatic hydroxyl groups is 7. The van der Waals surface area contributed by atoms with Crippen LogP contribution in [0.15, 0.2) is 11.6 Å². The molecule has 1 saturated heterocycles. The van der Waals surface area contributed by atoms with Crippen molar-refractivity contribution in [3.63, 3.8) is 0 Å². The second kappa shape index (κ2) is 18.8. The van der Waals surface area contributed by atoms with E-state index < -0.39 is 68.2 Å². The SMILES string of the molecule is COC1O[C@H](CO)C(NC2C=C(CO)C(O)[C@@H](O)C2O)[C@H](O)C1O.S.S.S.S.S.S. The minimum Gasteiger partial charge on any atom is -0.394 e. The van der Waals surface area contributed by atoms with E-state index in [4.69, 9.17) is 9.47 Å². The molecule has 16 heteroatoms. The first-order valence-corrected chi connectivity index (χ1v) is 7.62. The van der Waals surface area contributed by atoms with Crippen LogP contribution in [-0.2, 0) is 9.47 Å². The van der Waals surface area contributed by atoms with Crippen LogP contribution in [0.4, 0.5) is 0 Å². The van der Waals surface area contributed by atoms with Gasteiger partial charge < -0.3 is 50.5 Å². The van der Waals surface area contributed by atoms with Crippen LogP contribution in [0.1, 0.15) is 0 Å². The second-order valence-corrected chi connectivity index (χ2v) is 5.99. The maximum atomic E-state index is 10.3. The maximum Gasteiger partial charge on any atom is 0.186 e. The molecule has 1 aliphatic heterocycles. The molecule has 0 spiro atoms. The summed E-state index contributed by atoms with van der Waals surface area (Å²) in [5, 5.41) is 71.4. The molecule has 0 amide bonds. The molecule has 1 aliphatic carbocycles. The molecule has 9 atom stereocenters. The van der Waals surface area contributed by atoms with Crippen LogP contribution in [-0.4, -0.2) is 111 Å². The summed E-state index contributed by atoms with van der Waals surface area (Å²) in [4.78, 5) is 0. The molecule has 2 rings (SSSR count). The minimum atomic E-state index is -1.54. The third-order valence-electron chi connectivity index (χ3n) is 4.50. The van der Waals surface area contributed by atoms with E-state index in [9.17, 15) is 35.7 Å². The zero-order chi connectivity index (χ0) is 18.0. The summed E-state index contributed by atoms with van der Waals surface area (Å²) in [6, 6.07) is -1.94. The molecule has 8 N–H and O–H groups in total. The largest absolute Gasteiger partial charge is 0.394 e. The predicted octanol–water partition coefficient (Wildman–Crippen LogP) is -3.91. The van der Waals surface area contributed by atoms with Crippen molar-refractivity contribution in [3.05, 3.63) is 11.6 Å². The summed E-state index contributed by atoms with van der Waals surface area (Å²) in [5.74, 6) is 0. The van der Waals surface area contributed by atoms with Gasteiger partial charge in [0.25, 0.3) is 0 Å². The Bertz CT molecular complexity index is 468. The molecule has 188 valence electrons. The standard InChI is InChI=1S/C14H25NO9.6H2S/c1-23-14-13(22)11(20)8(7(4-17)24-14)15-6-2-5(3-16)9(18)12(21)10(6)19;;;;;;/h2,6-22H,3-4H2,1H3;6*1H2/t6?,7-,8?,9?,10?,11+,12-,13?,14?;;;;;;/m1....../s1. The lowest BCUT2D eigenvalue weighted by atomic mass is 9.86. The number of aliphatic hydroxyl groups excluding tert-OH is 7. The van der Waals surface area contributed by atoms with Gasteiger partial charge in [-0.25, -0.2) is 0 Å². The third-order valence-corrected chi connectivity index (χ3v) is 4.50. The average Bonchev–Trinajstić information content (AvgIpc) is 2.59. The summed E-state index contributed by atoms with van der Waals surface area (Å²) in [7, 11) is 1.28. The Kier molecular flexibility index (Phi) is 26.1. The van der Waals surface area contributed by atoms with Crippen molar-refractivity contribution in [1.82, 2.24) is 5.32 Å². The van der Waals surface area contributed by atoms with Crippen molar-refractivity contribution in [1.29, 1.82) is 0 Å². The number of methoxy groups -OCH3 is 1. The fourth-order valence-electron chi connectivity index (χ4n) is 3.05. The van der Waals surface area contributed by atoms with Gasteiger partial charge in [0, 0.05) is 7.11 Å². The van der Waals surface area contributed by atoms with Gasteiger partial charge in [0.2, 0.25) is 0 Å². The summed E-state index contributed by atoms with van der Waals surface area (Å²) in [5.41, 5.74) is 0.104. The van der Waals surface area contributed by atoms with Crippen molar-refractivity contribution >= 4 is 81.0 Å². The van der Waals surface area contributed by atoms with Crippen LogP contribution in [0.5, 0.6) is 0 Å². The van der Waals surface area contributed by atoms with E-state index in [2.05, 4.69) is 5.32 Å². The topological polar surface area (TPSA) is 172 Å². The molecule has 30 heavy (non-hydrogen) atoms. The van der Waals surface area contributed by atoms with Crippen LogP contribution in [0.2, 0.25) is 0 Å².